The van der Waals surface area contributed by atoms with Crippen LogP contribution in [-0.2, 0) is 6.54 Å². The number of benzene rings is 1. The van der Waals surface area contributed by atoms with Crippen molar-refractivity contribution in [2.45, 2.75) is 32.2 Å². The van der Waals surface area contributed by atoms with Gasteiger partial charge in [0.15, 0.2) is 0 Å². The van der Waals surface area contributed by atoms with Crippen LogP contribution in [0, 0.1) is 0 Å². The predicted octanol–water partition coefficient (Wildman–Crippen LogP) is 3.40. The Kier molecular flexibility index (Phi) is 5.97. The van der Waals surface area contributed by atoms with Gasteiger partial charge in [-0.25, -0.2) is 4.68 Å². The van der Waals surface area contributed by atoms with Crippen molar-refractivity contribution >= 4 is 23.8 Å². The van der Waals surface area contributed by atoms with E-state index in [2.05, 4.69) is 40.8 Å². The zero-order valence-electron chi connectivity index (χ0n) is 16.7. The molecular weight excluding hydrogens is 382 g/mol. The number of aromatic nitrogens is 4. The molecule has 0 spiro atoms. The minimum atomic E-state index is 0.434. The summed E-state index contributed by atoms with van der Waals surface area (Å²) < 4.78 is 2.02. The summed E-state index contributed by atoms with van der Waals surface area (Å²) in [6.07, 6.45) is 10.1. The standard InChI is InChI=1S/C23H26ClN5/c1-3-5-21-22(4-2)29(20-8-6-18(24)7-9-20)27-23(21)17-11-14-28(15-12-17)16-19-10-13-25-26-19/h3-10,13,17H,1,11-12,14-16H2,2H3,(H,25,26)/b21-5+,22-4+. The molecule has 1 aliphatic heterocycles. The molecule has 1 N–H and O–H groups in total. The first kappa shape index (κ1) is 19.7. The summed E-state index contributed by atoms with van der Waals surface area (Å²) in [7, 11) is 0. The number of halogens is 1. The Morgan fingerprint density at radius 3 is 2.59 bits per heavy atom. The zero-order chi connectivity index (χ0) is 20.2. The second-order valence-corrected chi connectivity index (χ2v) is 7.82. The highest BCUT2D eigenvalue weighted by Crippen LogP contribution is 2.25. The van der Waals surface area contributed by atoms with Crippen LogP contribution >= 0.6 is 11.6 Å². The molecule has 150 valence electrons. The molecular formula is C23H26ClN5. The van der Waals surface area contributed by atoms with E-state index < -0.39 is 0 Å². The van der Waals surface area contributed by atoms with E-state index in [1.807, 2.05) is 47.3 Å². The third-order valence-electron chi connectivity index (χ3n) is 5.54. The molecule has 0 atom stereocenters. The molecule has 1 aromatic carbocycles. The average Bonchev–Trinajstić information content (AvgIpc) is 3.37. The molecule has 29 heavy (non-hydrogen) atoms. The molecule has 1 fully saturated rings. The van der Waals surface area contributed by atoms with E-state index in [0.29, 0.717) is 5.92 Å². The number of aromatic amines is 1. The number of likely N-dealkylation sites (tertiary alicyclic amines) is 1. The molecule has 3 aromatic rings. The van der Waals surface area contributed by atoms with E-state index in [-0.39, 0.29) is 0 Å². The largest absolute Gasteiger partial charge is 0.297 e. The summed E-state index contributed by atoms with van der Waals surface area (Å²) in [4.78, 5) is 2.46. The fraction of sp³-hybridized carbons (Fsp3) is 0.304. The summed E-state index contributed by atoms with van der Waals surface area (Å²) >= 11 is 6.08. The molecule has 0 bridgehead atoms. The van der Waals surface area contributed by atoms with Gasteiger partial charge in [0, 0.05) is 28.9 Å². The van der Waals surface area contributed by atoms with Crippen molar-refractivity contribution in [3.63, 3.8) is 0 Å². The van der Waals surface area contributed by atoms with Crippen molar-refractivity contribution in [2.75, 3.05) is 13.1 Å². The van der Waals surface area contributed by atoms with Gasteiger partial charge >= 0.3 is 0 Å². The van der Waals surface area contributed by atoms with Gasteiger partial charge in [-0.05, 0) is 63.2 Å². The van der Waals surface area contributed by atoms with Crippen molar-refractivity contribution < 1.29 is 0 Å². The Labute approximate surface area is 176 Å². The summed E-state index contributed by atoms with van der Waals surface area (Å²) in [5.74, 6) is 0.434. The fourth-order valence-electron chi connectivity index (χ4n) is 4.08. The maximum absolute atomic E-state index is 6.08. The van der Waals surface area contributed by atoms with Crippen LogP contribution in [0.4, 0.5) is 0 Å². The summed E-state index contributed by atoms with van der Waals surface area (Å²) in [5, 5.41) is 15.2. The Hall–Kier alpha value is -2.63. The zero-order valence-corrected chi connectivity index (χ0v) is 17.4. The number of nitrogens with zero attached hydrogens (tertiary/aromatic N) is 4. The molecule has 0 radical (unpaired) electrons. The highest BCUT2D eigenvalue weighted by atomic mass is 35.5. The molecule has 1 saturated heterocycles. The number of allylic oxidation sites excluding steroid dienone is 1. The quantitative estimate of drug-likeness (QED) is 0.705. The second kappa shape index (κ2) is 8.80. The molecule has 6 heteroatoms. The van der Waals surface area contributed by atoms with Crippen LogP contribution in [0.25, 0.3) is 17.8 Å². The van der Waals surface area contributed by atoms with E-state index in [0.717, 1.165) is 59.9 Å². The highest BCUT2D eigenvalue weighted by molar-refractivity contribution is 6.30. The summed E-state index contributed by atoms with van der Waals surface area (Å²) in [5.41, 5.74) is 3.27. The van der Waals surface area contributed by atoms with Crippen LogP contribution in [-0.4, -0.2) is 38.0 Å². The second-order valence-electron chi connectivity index (χ2n) is 7.38. The Morgan fingerprint density at radius 2 is 1.97 bits per heavy atom. The number of piperidine rings is 1. The number of H-pyrrole nitrogens is 1. The lowest BCUT2D eigenvalue weighted by Gasteiger charge is -2.30. The van der Waals surface area contributed by atoms with E-state index >= 15 is 0 Å². The van der Waals surface area contributed by atoms with Gasteiger partial charge in [-0.15, -0.1) is 0 Å². The minimum absolute atomic E-state index is 0.434. The van der Waals surface area contributed by atoms with E-state index in [1.54, 1.807) is 0 Å². The first-order valence-corrected chi connectivity index (χ1v) is 10.4. The summed E-state index contributed by atoms with van der Waals surface area (Å²) in [6.45, 7) is 8.97. The fourth-order valence-corrected chi connectivity index (χ4v) is 4.21. The van der Waals surface area contributed by atoms with Crippen LogP contribution in [0.15, 0.2) is 49.2 Å². The SMILES string of the molecule is C=C/C=c1/c(C2CCN(Cc3cc[nH]n3)CC2)nn(-c2ccc(Cl)cc2)/c1=C/C. The van der Waals surface area contributed by atoms with Crippen molar-refractivity contribution in [3.05, 3.63) is 76.2 Å². The first-order valence-electron chi connectivity index (χ1n) is 10.0. The monoisotopic (exact) mass is 407 g/mol. The third-order valence-corrected chi connectivity index (χ3v) is 5.79. The minimum Gasteiger partial charge on any atom is -0.297 e. The first-order chi connectivity index (χ1) is 14.2. The van der Waals surface area contributed by atoms with Crippen molar-refractivity contribution in [1.82, 2.24) is 24.9 Å². The molecule has 0 unspecified atom stereocenters. The van der Waals surface area contributed by atoms with Gasteiger partial charge in [0.1, 0.15) is 0 Å². The predicted molar refractivity (Wildman–Crippen MR) is 118 cm³/mol. The van der Waals surface area contributed by atoms with Crippen LogP contribution < -0.4 is 10.6 Å². The van der Waals surface area contributed by atoms with E-state index in [9.17, 15) is 0 Å². The van der Waals surface area contributed by atoms with Gasteiger partial charge in [0.2, 0.25) is 0 Å². The molecule has 3 heterocycles. The normalized spacial score (nSPS) is 17.2. The number of hydrogen-bond acceptors (Lipinski definition) is 3. The molecule has 2 aromatic heterocycles. The molecule has 4 rings (SSSR count). The Balaban J connectivity index is 1.63. The maximum Gasteiger partial charge on any atom is 0.0762 e. The Morgan fingerprint density at radius 1 is 1.21 bits per heavy atom. The topological polar surface area (TPSA) is 49.7 Å². The molecule has 1 aliphatic rings. The number of nitrogens with one attached hydrogen (secondary N) is 1. The number of hydrogen-bond donors (Lipinski definition) is 1. The van der Waals surface area contributed by atoms with Crippen molar-refractivity contribution in [1.29, 1.82) is 0 Å². The lowest BCUT2D eigenvalue weighted by Crippen LogP contribution is -2.35. The third kappa shape index (κ3) is 4.21. The average molecular weight is 408 g/mol. The van der Waals surface area contributed by atoms with Crippen molar-refractivity contribution in [3.8, 4) is 5.69 Å². The summed E-state index contributed by atoms with van der Waals surface area (Å²) in [6, 6.07) is 9.87. The smallest absolute Gasteiger partial charge is 0.0762 e. The van der Waals surface area contributed by atoms with Gasteiger partial charge < -0.3 is 0 Å². The van der Waals surface area contributed by atoms with E-state index in [1.165, 1.54) is 5.22 Å². The van der Waals surface area contributed by atoms with Gasteiger partial charge in [-0.2, -0.15) is 10.2 Å². The van der Waals surface area contributed by atoms with Gasteiger partial charge in [0.05, 0.1) is 22.4 Å². The molecule has 0 amide bonds. The molecule has 5 nitrogen and oxygen atoms in total. The lowest BCUT2D eigenvalue weighted by atomic mass is 9.92. The maximum atomic E-state index is 6.08. The Bertz CT molecular complexity index is 1070. The van der Waals surface area contributed by atoms with Crippen LogP contribution in [0.3, 0.4) is 0 Å². The molecule has 0 aliphatic carbocycles. The number of rotatable bonds is 5. The van der Waals surface area contributed by atoms with Gasteiger partial charge in [0.25, 0.3) is 0 Å². The van der Waals surface area contributed by atoms with Crippen LogP contribution in [0.5, 0.6) is 0 Å². The lowest BCUT2D eigenvalue weighted by molar-refractivity contribution is 0.200. The highest BCUT2D eigenvalue weighted by Gasteiger charge is 2.24. The van der Waals surface area contributed by atoms with Crippen LogP contribution in [0.2, 0.25) is 5.02 Å². The van der Waals surface area contributed by atoms with Gasteiger partial charge in [-0.3, -0.25) is 10.00 Å². The van der Waals surface area contributed by atoms with E-state index in [4.69, 9.17) is 16.7 Å². The van der Waals surface area contributed by atoms with Crippen LogP contribution in [0.1, 0.15) is 37.1 Å². The van der Waals surface area contributed by atoms with Gasteiger partial charge in [-0.1, -0.05) is 36.4 Å². The van der Waals surface area contributed by atoms with Crippen molar-refractivity contribution in [2.24, 2.45) is 0 Å². The molecule has 0 saturated carbocycles.